The maximum atomic E-state index is 13.0. The van der Waals surface area contributed by atoms with Crippen molar-refractivity contribution in [3.63, 3.8) is 0 Å². The zero-order chi connectivity index (χ0) is 20.4. The van der Waals surface area contributed by atoms with Crippen LogP contribution >= 0.6 is 0 Å². The van der Waals surface area contributed by atoms with Crippen LogP contribution in [0, 0.1) is 6.92 Å². The molecule has 3 aromatic rings. The molecule has 1 aliphatic heterocycles. The van der Waals surface area contributed by atoms with Crippen molar-refractivity contribution in [2.45, 2.75) is 13.0 Å². The number of phenols is 1. The summed E-state index contributed by atoms with van der Waals surface area (Å²) in [5.41, 5.74) is 2.29. The van der Waals surface area contributed by atoms with E-state index in [1.54, 1.807) is 25.1 Å². The first-order valence-electron chi connectivity index (χ1n) is 10.0. The number of carbonyl (C=O) groups is 1. The largest absolute Gasteiger partial charge is 0.508 e. The highest BCUT2D eigenvalue weighted by Crippen LogP contribution is 2.29. The number of benzene rings is 2. The summed E-state index contributed by atoms with van der Waals surface area (Å²) in [7, 11) is 2.14. The second kappa shape index (κ2) is 8.27. The molecule has 1 amide bonds. The smallest absolute Gasteiger partial charge is 0.255 e. The summed E-state index contributed by atoms with van der Waals surface area (Å²) >= 11 is 0. The Hall–Kier alpha value is -2.83. The van der Waals surface area contributed by atoms with E-state index in [1.165, 1.54) is 5.56 Å². The molecule has 0 bridgehead atoms. The summed E-state index contributed by atoms with van der Waals surface area (Å²) in [5.74, 6) is 0.493. The van der Waals surface area contributed by atoms with E-state index < -0.39 is 0 Å². The van der Waals surface area contributed by atoms with E-state index >= 15 is 0 Å². The lowest BCUT2D eigenvalue weighted by molar-refractivity contribution is 0.0886. The van der Waals surface area contributed by atoms with Crippen LogP contribution in [0.5, 0.6) is 5.75 Å². The second-order valence-corrected chi connectivity index (χ2v) is 7.69. The number of furan rings is 1. The second-order valence-electron chi connectivity index (χ2n) is 7.69. The Morgan fingerprint density at radius 2 is 1.86 bits per heavy atom. The number of nitrogens with one attached hydrogen (secondary N) is 1. The zero-order valence-electron chi connectivity index (χ0n) is 16.9. The van der Waals surface area contributed by atoms with Crippen molar-refractivity contribution >= 4 is 16.9 Å². The van der Waals surface area contributed by atoms with E-state index in [0.29, 0.717) is 28.8 Å². The quantitative estimate of drug-likeness (QED) is 0.697. The molecule has 0 saturated carbocycles. The Kier molecular flexibility index (Phi) is 5.56. The van der Waals surface area contributed by atoms with Gasteiger partial charge in [0.05, 0.1) is 11.6 Å². The predicted octanol–water partition coefficient (Wildman–Crippen LogP) is 3.17. The minimum absolute atomic E-state index is 0.112. The van der Waals surface area contributed by atoms with Crippen LogP contribution in [0.3, 0.4) is 0 Å². The van der Waals surface area contributed by atoms with E-state index in [4.69, 9.17) is 4.42 Å². The number of hydrogen-bond donors (Lipinski definition) is 2. The fourth-order valence-electron chi connectivity index (χ4n) is 4.03. The van der Waals surface area contributed by atoms with E-state index in [2.05, 4.69) is 34.3 Å². The first kappa shape index (κ1) is 19.5. The molecular weight excluding hydrogens is 366 g/mol. The molecule has 0 spiro atoms. The van der Waals surface area contributed by atoms with Crippen LogP contribution in [0.25, 0.3) is 11.0 Å². The highest BCUT2D eigenvalue weighted by atomic mass is 16.3. The molecule has 1 atom stereocenters. The molecule has 29 heavy (non-hydrogen) atoms. The topological polar surface area (TPSA) is 69.0 Å². The van der Waals surface area contributed by atoms with Crippen LogP contribution in [0.4, 0.5) is 0 Å². The number of nitrogens with zero attached hydrogens (tertiary/aromatic N) is 2. The number of likely N-dealkylation sites (N-methyl/N-ethyl adjacent to an activating group) is 1. The fourth-order valence-corrected chi connectivity index (χ4v) is 4.03. The van der Waals surface area contributed by atoms with Gasteiger partial charge in [-0.25, -0.2) is 0 Å². The number of fused-ring (bicyclic) bond motifs is 1. The van der Waals surface area contributed by atoms with E-state index in [9.17, 15) is 9.90 Å². The first-order valence-corrected chi connectivity index (χ1v) is 10.0. The molecule has 6 nitrogen and oxygen atoms in total. The lowest BCUT2D eigenvalue weighted by Crippen LogP contribution is -2.48. The standard InChI is InChI=1S/C23H27N3O3/c1-16-22(19-14-18(27)8-9-21(19)29-16)23(28)24-15-20(17-6-4-3-5-7-17)26-12-10-25(2)11-13-26/h3-9,14,20,27H,10-13,15H2,1-2H3,(H,24,28). The number of amides is 1. The summed E-state index contributed by atoms with van der Waals surface area (Å²) < 4.78 is 5.71. The normalized spacial score (nSPS) is 16.8. The molecule has 6 heteroatoms. The number of hydrogen-bond acceptors (Lipinski definition) is 5. The van der Waals surface area contributed by atoms with Gasteiger partial charge in [0, 0.05) is 38.1 Å². The monoisotopic (exact) mass is 393 g/mol. The van der Waals surface area contributed by atoms with E-state index in [1.807, 2.05) is 18.2 Å². The van der Waals surface area contributed by atoms with Gasteiger partial charge < -0.3 is 19.7 Å². The van der Waals surface area contributed by atoms with Crippen molar-refractivity contribution in [1.29, 1.82) is 0 Å². The highest BCUT2D eigenvalue weighted by molar-refractivity contribution is 6.07. The van der Waals surface area contributed by atoms with E-state index in [0.717, 1.165) is 26.2 Å². The number of piperazine rings is 1. The van der Waals surface area contributed by atoms with Gasteiger partial charge in [0.25, 0.3) is 5.91 Å². The zero-order valence-corrected chi connectivity index (χ0v) is 16.9. The molecule has 2 aromatic carbocycles. The minimum Gasteiger partial charge on any atom is -0.508 e. The maximum Gasteiger partial charge on any atom is 0.255 e. The third kappa shape index (κ3) is 4.13. The SMILES string of the molecule is Cc1oc2ccc(O)cc2c1C(=O)NCC(c1ccccc1)N1CCN(C)CC1. The summed E-state index contributed by atoms with van der Waals surface area (Å²) in [5, 5.41) is 13.6. The van der Waals surface area contributed by atoms with E-state index in [-0.39, 0.29) is 17.7 Å². The third-order valence-corrected chi connectivity index (χ3v) is 5.69. The van der Waals surface area contributed by atoms with Crippen molar-refractivity contribution < 1.29 is 14.3 Å². The minimum atomic E-state index is -0.179. The molecule has 1 saturated heterocycles. The molecule has 4 rings (SSSR count). The van der Waals surface area contributed by atoms with Crippen LogP contribution in [-0.4, -0.2) is 60.6 Å². The van der Waals surface area contributed by atoms with Crippen LogP contribution in [0.15, 0.2) is 52.9 Å². The van der Waals surface area contributed by atoms with Gasteiger partial charge in [0.2, 0.25) is 0 Å². The van der Waals surface area contributed by atoms with Crippen LogP contribution in [0.1, 0.15) is 27.7 Å². The molecule has 2 heterocycles. The Labute approximate surface area is 170 Å². The van der Waals surface area contributed by atoms with Gasteiger partial charge in [-0.05, 0) is 37.7 Å². The lowest BCUT2D eigenvalue weighted by atomic mass is 10.0. The van der Waals surface area contributed by atoms with Crippen molar-refractivity contribution in [3.8, 4) is 5.75 Å². The third-order valence-electron chi connectivity index (χ3n) is 5.69. The molecule has 1 unspecified atom stereocenters. The van der Waals surface area contributed by atoms with Gasteiger partial charge in [0.15, 0.2) is 0 Å². The molecular formula is C23H27N3O3. The number of phenolic OH excluding ortho intramolecular Hbond substituents is 1. The van der Waals surface area contributed by atoms with Crippen molar-refractivity contribution in [1.82, 2.24) is 15.1 Å². The average Bonchev–Trinajstić information content (AvgIpc) is 3.05. The van der Waals surface area contributed by atoms with Crippen LogP contribution < -0.4 is 5.32 Å². The van der Waals surface area contributed by atoms with Gasteiger partial charge in [0.1, 0.15) is 17.1 Å². The van der Waals surface area contributed by atoms with Gasteiger partial charge in [-0.1, -0.05) is 30.3 Å². The van der Waals surface area contributed by atoms with Crippen molar-refractivity contribution in [3.05, 3.63) is 65.4 Å². The number of rotatable bonds is 5. The molecule has 0 aliphatic carbocycles. The number of aromatic hydroxyl groups is 1. The summed E-state index contributed by atoms with van der Waals surface area (Å²) in [6.45, 7) is 6.25. The maximum absolute atomic E-state index is 13.0. The molecule has 1 aromatic heterocycles. The molecule has 0 radical (unpaired) electrons. The van der Waals surface area contributed by atoms with Gasteiger partial charge in [-0.15, -0.1) is 0 Å². The Balaban J connectivity index is 1.55. The molecule has 2 N–H and O–H groups in total. The average molecular weight is 393 g/mol. The van der Waals surface area contributed by atoms with Gasteiger partial charge >= 0.3 is 0 Å². The van der Waals surface area contributed by atoms with Gasteiger partial charge in [-0.3, -0.25) is 9.69 Å². The van der Waals surface area contributed by atoms with Crippen LogP contribution in [-0.2, 0) is 0 Å². The summed E-state index contributed by atoms with van der Waals surface area (Å²) in [4.78, 5) is 17.8. The number of carbonyl (C=O) groups excluding carboxylic acids is 1. The molecule has 152 valence electrons. The molecule has 1 aliphatic rings. The summed E-state index contributed by atoms with van der Waals surface area (Å²) in [6.07, 6.45) is 0. The summed E-state index contributed by atoms with van der Waals surface area (Å²) in [6, 6.07) is 15.3. The van der Waals surface area contributed by atoms with Crippen molar-refractivity contribution in [2.24, 2.45) is 0 Å². The Bertz CT molecular complexity index is 991. The van der Waals surface area contributed by atoms with Crippen molar-refractivity contribution in [2.75, 3.05) is 39.8 Å². The Morgan fingerprint density at radius 1 is 1.14 bits per heavy atom. The van der Waals surface area contributed by atoms with Gasteiger partial charge in [-0.2, -0.15) is 0 Å². The Morgan fingerprint density at radius 3 is 2.59 bits per heavy atom. The predicted molar refractivity (Wildman–Crippen MR) is 113 cm³/mol. The fraction of sp³-hybridized carbons (Fsp3) is 0.348. The highest BCUT2D eigenvalue weighted by Gasteiger charge is 2.25. The lowest BCUT2D eigenvalue weighted by Gasteiger charge is -2.38. The molecule has 1 fully saturated rings. The van der Waals surface area contributed by atoms with Crippen LogP contribution in [0.2, 0.25) is 0 Å². The first-order chi connectivity index (χ1) is 14.0. The number of aryl methyl sites for hydroxylation is 1.